The van der Waals surface area contributed by atoms with Crippen molar-refractivity contribution < 1.29 is 19.1 Å². The number of nitrogens with zero attached hydrogens (tertiary/aromatic N) is 1. The summed E-state index contributed by atoms with van der Waals surface area (Å²) in [4.78, 5) is 36.3. The molecule has 0 saturated heterocycles. The Balaban J connectivity index is 1.54. The van der Waals surface area contributed by atoms with E-state index in [0.717, 1.165) is 5.56 Å². The summed E-state index contributed by atoms with van der Waals surface area (Å²) in [6.07, 6.45) is 1.31. The van der Waals surface area contributed by atoms with Crippen molar-refractivity contribution in [1.29, 1.82) is 0 Å². The van der Waals surface area contributed by atoms with E-state index in [9.17, 15) is 14.4 Å². The van der Waals surface area contributed by atoms with Gasteiger partial charge >= 0.3 is 11.8 Å². The Labute approximate surface area is 205 Å². The number of para-hydroxylation sites is 2. The van der Waals surface area contributed by atoms with Crippen LogP contribution in [0.2, 0.25) is 10.0 Å². The van der Waals surface area contributed by atoms with Crippen LogP contribution in [0.15, 0.2) is 71.8 Å². The number of ether oxygens (including phenoxy) is 1. The molecule has 0 unspecified atom stereocenters. The van der Waals surface area contributed by atoms with Crippen LogP contribution in [0.1, 0.15) is 11.1 Å². The van der Waals surface area contributed by atoms with Crippen LogP contribution in [0.5, 0.6) is 5.75 Å². The number of hydrogen-bond donors (Lipinski definition) is 3. The smallest absolute Gasteiger partial charge is 0.329 e. The highest BCUT2D eigenvalue weighted by Gasteiger charge is 2.14. The summed E-state index contributed by atoms with van der Waals surface area (Å²) >= 11 is 11.8. The molecule has 3 N–H and O–H groups in total. The molecule has 174 valence electrons. The maximum atomic E-state index is 12.2. The molecule has 8 nitrogen and oxygen atoms in total. The van der Waals surface area contributed by atoms with E-state index in [1.165, 1.54) is 12.3 Å². The van der Waals surface area contributed by atoms with Crippen LogP contribution < -0.4 is 20.8 Å². The molecule has 34 heavy (non-hydrogen) atoms. The van der Waals surface area contributed by atoms with Gasteiger partial charge in [-0.3, -0.25) is 14.4 Å². The van der Waals surface area contributed by atoms with Gasteiger partial charge < -0.3 is 15.4 Å². The highest BCUT2D eigenvalue weighted by Crippen LogP contribution is 2.25. The van der Waals surface area contributed by atoms with Gasteiger partial charge in [0.25, 0.3) is 5.91 Å². The number of nitrogens with one attached hydrogen (secondary N) is 3. The molecule has 3 aromatic carbocycles. The number of rotatable bonds is 7. The first-order valence-electron chi connectivity index (χ1n) is 10.00. The van der Waals surface area contributed by atoms with Gasteiger partial charge in [0, 0.05) is 16.9 Å². The monoisotopic (exact) mass is 498 g/mol. The van der Waals surface area contributed by atoms with Crippen molar-refractivity contribution in [2.24, 2.45) is 5.10 Å². The number of anilines is 2. The minimum absolute atomic E-state index is 0.281. The lowest BCUT2D eigenvalue weighted by atomic mass is 10.2. The summed E-state index contributed by atoms with van der Waals surface area (Å²) in [7, 11) is 0. The van der Waals surface area contributed by atoms with Crippen LogP contribution in [-0.4, -0.2) is 30.5 Å². The van der Waals surface area contributed by atoms with Gasteiger partial charge in [-0.25, -0.2) is 5.43 Å². The molecule has 0 atom stereocenters. The number of amides is 3. The Hall–Kier alpha value is -3.88. The van der Waals surface area contributed by atoms with Gasteiger partial charge in [-0.05, 0) is 48.9 Å². The average molecular weight is 499 g/mol. The van der Waals surface area contributed by atoms with Gasteiger partial charge in [0.15, 0.2) is 6.61 Å². The molecule has 0 saturated carbocycles. The van der Waals surface area contributed by atoms with E-state index in [2.05, 4.69) is 21.2 Å². The molecule has 0 aliphatic rings. The minimum Gasteiger partial charge on any atom is -0.483 e. The number of hydrazone groups is 1. The summed E-state index contributed by atoms with van der Waals surface area (Å²) < 4.78 is 5.57. The highest BCUT2D eigenvalue weighted by atomic mass is 35.5. The van der Waals surface area contributed by atoms with Gasteiger partial charge in [-0.15, -0.1) is 0 Å². The summed E-state index contributed by atoms with van der Waals surface area (Å²) in [6.45, 7) is 1.53. The highest BCUT2D eigenvalue weighted by molar-refractivity contribution is 6.42. The number of hydrogen-bond acceptors (Lipinski definition) is 5. The van der Waals surface area contributed by atoms with E-state index in [0.29, 0.717) is 32.7 Å². The molecule has 10 heteroatoms. The molecule has 0 aliphatic carbocycles. The van der Waals surface area contributed by atoms with Crippen molar-refractivity contribution in [2.45, 2.75) is 6.92 Å². The standard InChI is InChI=1S/C24H20Cl2N4O4/c1-15-6-2-4-8-20(15)29-23(32)24(33)30-27-13-16-7-3-5-9-21(16)34-14-22(31)28-17-10-11-18(25)19(26)12-17/h2-13H,14H2,1H3,(H,28,31)(H,29,32)(H,30,33)/b27-13-. The Morgan fingerprint density at radius 2 is 1.65 bits per heavy atom. The quantitative estimate of drug-likeness (QED) is 0.254. The van der Waals surface area contributed by atoms with Crippen LogP contribution in [0, 0.1) is 6.92 Å². The van der Waals surface area contributed by atoms with Crippen molar-refractivity contribution >= 4 is 58.5 Å². The molecule has 3 rings (SSSR count). The summed E-state index contributed by atoms with van der Waals surface area (Å²) in [5.41, 5.74) is 4.48. The molecule has 0 heterocycles. The Morgan fingerprint density at radius 3 is 2.41 bits per heavy atom. The van der Waals surface area contributed by atoms with Crippen LogP contribution in [0.4, 0.5) is 11.4 Å². The normalized spacial score (nSPS) is 10.6. The third kappa shape index (κ3) is 7.06. The Morgan fingerprint density at radius 1 is 0.912 bits per heavy atom. The Kier molecular flexibility index (Phi) is 8.61. The summed E-state index contributed by atoms with van der Waals surface area (Å²) in [5, 5.41) is 9.67. The summed E-state index contributed by atoms with van der Waals surface area (Å²) in [5.74, 6) is -1.84. The second-order valence-corrected chi connectivity index (χ2v) is 7.79. The lowest BCUT2D eigenvalue weighted by molar-refractivity contribution is -0.136. The number of carbonyl (C=O) groups is 3. The summed E-state index contributed by atoms with van der Waals surface area (Å²) in [6, 6.07) is 18.6. The van der Waals surface area contributed by atoms with Crippen molar-refractivity contribution in [3.63, 3.8) is 0 Å². The van der Waals surface area contributed by atoms with Crippen LogP contribution in [0.25, 0.3) is 0 Å². The maximum absolute atomic E-state index is 12.2. The first-order chi connectivity index (χ1) is 16.3. The third-order valence-corrected chi connectivity index (χ3v) is 5.19. The van der Waals surface area contributed by atoms with Crippen molar-refractivity contribution in [1.82, 2.24) is 5.43 Å². The molecule has 0 fully saturated rings. The van der Waals surface area contributed by atoms with Crippen molar-refractivity contribution in [2.75, 3.05) is 17.2 Å². The number of aryl methyl sites for hydroxylation is 1. The van der Waals surface area contributed by atoms with Gasteiger partial charge in [-0.2, -0.15) is 5.10 Å². The average Bonchev–Trinajstić information content (AvgIpc) is 2.82. The fourth-order valence-corrected chi connectivity index (χ4v) is 3.03. The molecule has 0 spiro atoms. The predicted octanol–water partition coefficient (Wildman–Crippen LogP) is 4.41. The zero-order valence-electron chi connectivity index (χ0n) is 18.0. The van der Waals surface area contributed by atoms with Gasteiger partial charge in [-0.1, -0.05) is 53.5 Å². The zero-order valence-corrected chi connectivity index (χ0v) is 19.5. The lowest BCUT2D eigenvalue weighted by Gasteiger charge is -2.10. The van der Waals surface area contributed by atoms with Gasteiger partial charge in [0.2, 0.25) is 0 Å². The largest absolute Gasteiger partial charge is 0.483 e. The molecule has 0 bridgehead atoms. The molecular weight excluding hydrogens is 479 g/mol. The zero-order chi connectivity index (χ0) is 24.5. The molecular formula is C24H20Cl2N4O4. The number of benzene rings is 3. The molecule has 3 aromatic rings. The van der Waals surface area contributed by atoms with Crippen LogP contribution in [0.3, 0.4) is 0 Å². The SMILES string of the molecule is Cc1ccccc1NC(=O)C(=O)N/N=C\c1ccccc1OCC(=O)Nc1ccc(Cl)c(Cl)c1. The van der Waals surface area contributed by atoms with Gasteiger partial charge in [0.1, 0.15) is 5.75 Å². The van der Waals surface area contributed by atoms with Crippen LogP contribution >= 0.6 is 23.2 Å². The topological polar surface area (TPSA) is 109 Å². The lowest BCUT2D eigenvalue weighted by Crippen LogP contribution is -2.32. The molecule has 0 aromatic heterocycles. The van der Waals surface area contributed by atoms with Crippen LogP contribution in [-0.2, 0) is 14.4 Å². The first-order valence-corrected chi connectivity index (χ1v) is 10.8. The number of carbonyl (C=O) groups excluding carboxylic acids is 3. The van der Waals surface area contributed by atoms with E-state index >= 15 is 0 Å². The van der Waals surface area contributed by atoms with Crippen molar-refractivity contribution in [3.8, 4) is 5.75 Å². The van der Waals surface area contributed by atoms with Gasteiger partial charge in [0.05, 0.1) is 16.3 Å². The molecule has 0 aliphatic heterocycles. The van der Waals surface area contributed by atoms with E-state index in [4.69, 9.17) is 27.9 Å². The van der Waals surface area contributed by atoms with Crippen molar-refractivity contribution in [3.05, 3.63) is 87.9 Å². The fourth-order valence-electron chi connectivity index (χ4n) is 2.74. The maximum Gasteiger partial charge on any atom is 0.329 e. The predicted molar refractivity (Wildman–Crippen MR) is 133 cm³/mol. The molecule has 0 radical (unpaired) electrons. The van der Waals surface area contributed by atoms with E-state index in [-0.39, 0.29) is 6.61 Å². The number of halogens is 2. The van der Waals surface area contributed by atoms with E-state index < -0.39 is 17.7 Å². The second-order valence-electron chi connectivity index (χ2n) is 6.97. The molecule has 3 amide bonds. The Bertz CT molecular complexity index is 1250. The minimum atomic E-state index is -0.932. The van der Waals surface area contributed by atoms with E-state index in [1.807, 2.05) is 19.1 Å². The first kappa shape index (κ1) is 24.8. The third-order valence-electron chi connectivity index (χ3n) is 4.45. The second kappa shape index (κ2) is 11.8. The fraction of sp³-hybridized carbons (Fsp3) is 0.0833. The van der Waals surface area contributed by atoms with E-state index in [1.54, 1.807) is 48.5 Å².